The van der Waals surface area contributed by atoms with E-state index >= 15 is 0 Å². The molecular weight excluding hydrogens is 359 g/mol. The minimum Gasteiger partial charge on any atom is -0.494 e. The molecule has 2 aromatic rings. The molecule has 0 heterocycles. The number of sulfonamides is 1. The molecule has 1 N–H and O–H groups in total. The van der Waals surface area contributed by atoms with Gasteiger partial charge in [0.1, 0.15) is 5.75 Å². The first-order valence-electron chi connectivity index (χ1n) is 6.65. The predicted molar refractivity (Wildman–Crippen MR) is 92.0 cm³/mol. The van der Waals surface area contributed by atoms with Crippen molar-refractivity contribution in [2.75, 3.05) is 6.61 Å². The van der Waals surface area contributed by atoms with Gasteiger partial charge in [0, 0.05) is 0 Å². The van der Waals surface area contributed by atoms with Gasteiger partial charge in [-0.05, 0) is 48.9 Å². The molecule has 8 heteroatoms. The molecule has 5 nitrogen and oxygen atoms in total. The molecule has 2 aromatic carbocycles. The summed E-state index contributed by atoms with van der Waals surface area (Å²) in [5.41, 5.74) is 0.619. The van der Waals surface area contributed by atoms with Gasteiger partial charge >= 0.3 is 0 Å². The lowest BCUT2D eigenvalue weighted by atomic mass is 10.2. The van der Waals surface area contributed by atoms with Crippen molar-refractivity contribution in [2.45, 2.75) is 11.8 Å². The third-order valence-corrected chi connectivity index (χ3v) is 4.75. The largest absolute Gasteiger partial charge is 0.494 e. The number of rotatable bonds is 6. The van der Waals surface area contributed by atoms with Gasteiger partial charge in [-0.1, -0.05) is 29.3 Å². The van der Waals surface area contributed by atoms with E-state index in [4.69, 9.17) is 27.9 Å². The normalized spacial score (nSPS) is 11.6. The van der Waals surface area contributed by atoms with Crippen molar-refractivity contribution in [3.63, 3.8) is 0 Å². The monoisotopic (exact) mass is 372 g/mol. The number of benzene rings is 2. The van der Waals surface area contributed by atoms with Crippen LogP contribution in [0.25, 0.3) is 0 Å². The van der Waals surface area contributed by atoms with E-state index in [1.807, 2.05) is 6.92 Å². The maximum Gasteiger partial charge on any atom is 0.276 e. The van der Waals surface area contributed by atoms with Crippen LogP contribution in [0.4, 0.5) is 0 Å². The van der Waals surface area contributed by atoms with E-state index in [2.05, 4.69) is 9.93 Å². The number of hydrazone groups is 1. The van der Waals surface area contributed by atoms with E-state index in [1.165, 1.54) is 18.3 Å². The van der Waals surface area contributed by atoms with Crippen molar-refractivity contribution in [3.8, 4) is 5.75 Å². The van der Waals surface area contributed by atoms with Crippen LogP contribution in [0.15, 0.2) is 52.5 Å². The fraction of sp³-hybridized carbons (Fsp3) is 0.133. The average Bonchev–Trinajstić information content (AvgIpc) is 2.51. The molecule has 2 rings (SSSR count). The van der Waals surface area contributed by atoms with Crippen LogP contribution in [0.3, 0.4) is 0 Å². The molecule has 0 atom stereocenters. The van der Waals surface area contributed by atoms with Gasteiger partial charge in [0.2, 0.25) is 0 Å². The average molecular weight is 373 g/mol. The number of nitrogens with one attached hydrogen (secondary N) is 1. The minimum atomic E-state index is -3.74. The van der Waals surface area contributed by atoms with Crippen LogP contribution in [-0.4, -0.2) is 21.2 Å². The smallest absolute Gasteiger partial charge is 0.276 e. The standard InChI is InChI=1S/C15H14Cl2N2O3S/c1-2-22-12-4-6-13(7-5-12)23(20,21)19-18-10-11-3-8-14(16)15(17)9-11/h3-10,19H,2H2,1H3. The molecule has 0 saturated heterocycles. The molecule has 0 amide bonds. The summed E-state index contributed by atoms with van der Waals surface area (Å²) in [6, 6.07) is 10.9. The Morgan fingerprint density at radius 1 is 1.13 bits per heavy atom. The van der Waals surface area contributed by atoms with Crippen LogP contribution in [0.5, 0.6) is 5.75 Å². The van der Waals surface area contributed by atoms with Gasteiger partial charge in [0.15, 0.2) is 0 Å². The van der Waals surface area contributed by atoms with Crippen LogP contribution in [0, 0.1) is 0 Å². The number of nitrogens with zero attached hydrogens (tertiary/aromatic N) is 1. The van der Waals surface area contributed by atoms with E-state index in [0.29, 0.717) is 28.0 Å². The molecule has 0 saturated carbocycles. The lowest BCUT2D eigenvalue weighted by molar-refractivity contribution is 0.340. The van der Waals surface area contributed by atoms with Gasteiger partial charge in [-0.25, -0.2) is 4.83 Å². The van der Waals surface area contributed by atoms with Gasteiger partial charge in [-0.3, -0.25) is 0 Å². The predicted octanol–water partition coefficient (Wildman–Crippen LogP) is 3.70. The third kappa shape index (κ3) is 4.86. The summed E-state index contributed by atoms with van der Waals surface area (Å²) in [5, 5.41) is 4.50. The second-order valence-corrected chi connectivity index (χ2v) is 6.91. The van der Waals surface area contributed by atoms with E-state index in [-0.39, 0.29) is 4.90 Å². The summed E-state index contributed by atoms with van der Waals surface area (Å²) in [5.74, 6) is 0.603. The Morgan fingerprint density at radius 3 is 2.43 bits per heavy atom. The zero-order valence-corrected chi connectivity index (χ0v) is 14.5. The molecule has 0 spiro atoms. The summed E-state index contributed by atoms with van der Waals surface area (Å²) >= 11 is 11.7. The lowest BCUT2D eigenvalue weighted by Gasteiger charge is -2.05. The Bertz CT molecular complexity index is 806. The van der Waals surface area contributed by atoms with E-state index in [9.17, 15) is 8.42 Å². The van der Waals surface area contributed by atoms with Gasteiger partial charge in [-0.15, -0.1) is 0 Å². The lowest BCUT2D eigenvalue weighted by Crippen LogP contribution is -2.18. The van der Waals surface area contributed by atoms with Crippen LogP contribution in [0.2, 0.25) is 10.0 Å². The summed E-state index contributed by atoms with van der Waals surface area (Å²) in [6.07, 6.45) is 1.34. The minimum absolute atomic E-state index is 0.0900. The second kappa shape index (κ2) is 7.68. The fourth-order valence-electron chi connectivity index (χ4n) is 1.70. The summed E-state index contributed by atoms with van der Waals surface area (Å²) < 4.78 is 29.5. The van der Waals surface area contributed by atoms with Crippen molar-refractivity contribution >= 4 is 39.4 Å². The zero-order valence-electron chi connectivity index (χ0n) is 12.2. The van der Waals surface area contributed by atoms with Gasteiger partial charge in [-0.2, -0.15) is 13.5 Å². The van der Waals surface area contributed by atoms with Crippen molar-refractivity contribution in [1.29, 1.82) is 0 Å². The summed E-state index contributed by atoms with van der Waals surface area (Å²) in [4.78, 5) is 2.22. The van der Waals surface area contributed by atoms with Crippen LogP contribution in [-0.2, 0) is 10.0 Å². The zero-order chi connectivity index (χ0) is 16.9. The number of hydrogen-bond donors (Lipinski definition) is 1. The Hall–Kier alpha value is -1.76. The first kappa shape index (κ1) is 17.6. The SMILES string of the molecule is CCOc1ccc(S(=O)(=O)NN=Cc2ccc(Cl)c(Cl)c2)cc1. The molecule has 0 radical (unpaired) electrons. The Kier molecular flexibility index (Phi) is 5.87. The highest BCUT2D eigenvalue weighted by Gasteiger charge is 2.12. The molecule has 0 aliphatic heterocycles. The van der Waals surface area contributed by atoms with Crippen LogP contribution >= 0.6 is 23.2 Å². The van der Waals surface area contributed by atoms with Crippen LogP contribution in [0.1, 0.15) is 12.5 Å². The van der Waals surface area contributed by atoms with E-state index in [0.717, 1.165) is 0 Å². The van der Waals surface area contributed by atoms with Crippen molar-refractivity contribution in [1.82, 2.24) is 4.83 Å². The number of hydrogen-bond acceptors (Lipinski definition) is 4. The van der Waals surface area contributed by atoms with Gasteiger partial charge in [0.25, 0.3) is 10.0 Å². The highest BCUT2D eigenvalue weighted by molar-refractivity contribution is 7.89. The molecule has 0 aliphatic rings. The Balaban J connectivity index is 2.08. The quantitative estimate of drug-likeness (QED) is 0.620. The molecule has 23 heavy (non-hydrogen) atoms. The first-order chi connectivity index (χ1) is 10.9. The second-order valence-electron chi connectivity index (χ2n) is 4.43. The van der Waals surface area contributed by atoms with E-state index < -0.39 is 10.0 Å². The summed E-state index contributed by atoms with van der Waals surface area (Å²) in [7, 11) is -3.74. The van der Waals surface area contributed by atoms with Gasteiger partial charge in [0.05, 0.1) is 27.8 Å². The van der Waals surface area contributed by atoms with Crippen molar-refractivity contribution < 1.29 is 13.2 Å². The number of halogens is 2. The third-order valence-electron chi connectivity index (χ3n) is 2.78. The molecule has 0 fully saturated rings. The van der Waals surface area contributed by atoms with Crippen molar-refractivity contribution in [2.24, 2.45) is 5.10 Å². The van der Waals surface area contributed by atoms with Crippen molar-refractivity contribution in [3.05, 3.63) is 58.1 Å². The van der Waals surface area contributed by atoms with E-state index in [1.54, 1.807) is 30.3 Å². The molecule has 122 valence electrons. The topological polar surface area (TPSA) is 67.8 Å². The molecule has 0 aliphatic carbocycles. The fourth-order valence-corrected chi connectivity index (χ4v) is 2.80. The maximum absolute atomic E-state index is 12.1. The Labute approximate surface area is 144 Å². The van der Waals surface area contributed by atoms with Gasteiger partial charge < -0.3 is 4.74 Å². The van der Waals surface area contributed by atoms with Crippen LogP contribution < -0.4 is 9.57 Å². The highest BCUT2D eigenvalue weighted by atomic mass is 35.5. The Morgan fingerprint density at radius 2 is 1.83 bits per heavy atom. The first-order valence-corrected chi connectivity index (χ1v) is 8.89. The number of ether oxygens (including phenoxy) is 1. The summed E-state index contributed by atoms with van der Waals surface area (Å²) in [6.45, 7) is 2.36. The highest BCUT2D eigenvalue weighted by Crippen LogP contribution is 2.21. The molecule has 0 bridgehead atoms. The molecule has 0 unspecified atom stereocenters. The molecular formula is C15H14Cl2N2O3S. The maximum atomic E-state index is 12.1. The molecule has 0 aromatic heterocycles.